The number of benzene rings is 1. The summed E-state index contributed by atoms with van der Waals surface area (Å²) < 4.78 is 27.0. The minimum absolute atomic E-state index is 0.0207. The molecule has 1 aromatic carbocycles. The average Bonchev–Trinajstić information content (AvgIpc) is 2.69. The summed E-state index contributed by atoms with van der Waals surface area (Å²) in [4.78, 5) is 28.6. The summed E-state index contributed by atoms with van der Waals surface area (Å²) in [5.74, 6) is -0.928. The largest absolute Gasteiger partial charge is 0.353 e. The molecule has 0 bridgehead atoms. The van der Waals surface area contributed by atoms with Gasteiger partial charge in [-0.3, -0.25) is 14.6 Å². The summed E-state index contributed by atoms with van der Waals surface area (Å²) in [6, 6.07) is 8.12. The van der Waals surface area contributed by atoms with Gasteiger partial charge in [-0.15, -0.1) is 0 Å². The number of sulfonamides is 1. The number of nitrogens with zero attached hydrogens (tertiary/aromatic N) is 2. The van der Waals surface area contributed by atoms with E-state index in [4.69, 9.17) is 11.6 Å². The van der Waals surface area contributed by atoms with Crippen LogP contribution in [0, 0.1) is 0 Å². The number of pyridine rings is 1. The molecule has 2 amide bonds. The van der Waals surface area contributed by atoms with Gasteiger partial charge in [-0.1, -0.05) is 17.7 Å². The highest BCUT2D eigenvalue weighted by Gasteiger charge is 2.39. The van der Waals surface area contributed by atoms with Gasteiger partial charge in [0.25, 0.3) is 0 Å². The van der Waals surface area contributed by atoms with Gasteiger partial charge in [-0.05, 0) is 35.9 Å². The topological polar surface area (TPSA) is 108 Å². The number of hydrogen-bond acceptors (Lipinski definition) is 5. The van der Waals surface area contributed by atoms with E-state index in [0.717, 1.165) is 9.87 Å². The summed E-state index contributed by atoms with van der Waals surface area (Å²) in [6.45, 7) is 0.502. The number of nitrogens with one attached hydrogen (secondary N) is 2. The second-order valence-electron chi connectivity index (χ2n) is 6.22. The zero-order chi connectivity index (χ0) is 20.1. The Morgan fingerprint density at radius 2 is 2.04 bits per heavy atom. The molecule has 1 aromatic heterocycles. The van der Waals surface area contributed by atoms with Crippen LogP contribution in [0.1, 0.15) is 12.0 Å². The maximum atomic E-state index is 13.0. The number of carbonyl (C=O) groups excluding carboxylic acids is 2. The molecule has 10 heteroatoms. The van der Waals surface area contributed by atoms with Crippen LogP contribution in [0.4, 0.5) is 0 Å². The molecule has 0 saturated carbocycles. The van der Waals surface area contributed by atoms with Crippen molar-refractivity contribution in [1.82, 2.24) is 19.9 Å². The van der Waals surface area contributed by atoms with E-state index in [1.54, 1.807) is 24.5 Å². The second-order valence-corrected chi connectivity index (χ2v) is 8.55. The fourth-order valence-electron chi connectivity index (χ4n) is 2.87. The molecule has 0 spiro atoms. The molecule has 8 nitrogen and oxygen atoms in total. The van der Waals surface area contributed by atoms with Crippen LogP contribution in [0.25, 0.3) is 0 Å². The predicted molar refractivity (Wildman–Crippen MR) is 103 cm³/mol. The zero-order valence-corrected chi connectivity index (χ0v) is 16.4. The number of aromatic nitrogens is 1. The number of halogens is 1. The molecule has 2 heterocycles. The van der Waals surface area contributed by atoms with Crippen LogP contribution in [-0.4, -0.2) is 48.7 Å². The average molecular weight is 423 g/mol. The standard InChI is InChI=1S/C18H19ClN4O4S/c19-14-3-5-15(6-4-14)28(26,27)23-9-8-21-18(25)16(23)10-17(24)22-12-13-2-1-7-20-11-13/h1-7,11,16H,8-10,12H2,(H,21,25)(H,22,24)/t16-/m0/s1. The van der Waals surface area contributed by atoms with Crippen LogP contribution < -0.4 is 10.6 Å². The lowest BCUT2D eigenvalue weighted by Gasteiger charge is -2.33. The van der Waals surface area contributed by atoms with Gasteiger partial charge in [0.15, 0.2) is 0 Å². The van der Waals surface area contributed by atoms with Crippen LogP contribution in [0.5, 0.6) is 0 Å². The van der Waals surface area contributed by atoms with Crippen LogP contribution in [0.3, 0.4) is 0 Å². The first kappa shape index (κ1) is 20.2. The van der Waals surface area contributed by atoms with Crippen LogP contribution in [0.2, 0.25) is 5.02 Å². The number of amides is 2. The Morgan fingerprint density at radius 1 is 1.29 bits per heavy atom. The van der Waals surface area contributed by atoms with E-state index in [1.807, 2.05) is 0 Å². The third-order valence-electron chi connectivity index (χ3n) is 4.29. The zero-order valence-electron chi connectivity index (χ0n) is 14.8. The summed E-state index contributed by atoms with van der Waals surface area (Å²) in [5, 5.41) is 5.71. The smallest absolute Gasteiger partial charge is 0.243 e. The summed E-state index contributed by atoms with van der Waals surface area (Å²) in [7, 11) is -3.95. The van der Waals surface area contributed by atoms with Crippen molar-refractivity contribution in [2.24, 2.45) is 0 Å². The highest BCUT2D eigenvalue weighted by Crippen LogP contribution is 2.23. The Balaban J connectivity index is 1.74. The van der Waals surface area contributed by atoms with Crippen LogP contribution in [-0.2, 0) is 26.2 Å². The van der Waals surface area contributed by atoms with Crippen LogP contribution >= 0.6 is 11.6 Å². The van der Waals surface area contributed by atoms with E-state index < -0.39 is 27.9 Å². The molecule has 148 valence electrons. The first-order chi connectivity index (χ1) is 13.4. The predicted octanol–water partition coefficient (Wildman–Crippen LogP) is 0.931. The van der Waals surface area contributed by atoms with Crippen molar-refractivity contribution in [3.63, 3.8) is 0 Å². The lowest BCUT2D eigenvalue weighted by Crippen LogP contribution is -2.58. The molecular formula is C18H19ClN4O4S. The fraction of sp³-hybridized carbons (Fsp3) is 0.278. The van der Waals surface area contributed by atoms with Gasteiger partial charge in [0.05, 0.1) is 11.3 Å². The second kappa shape index (κ2) is 8.68. The van der Waals surface area contributed by atoms with Crippen molar-refractivity contribution in [2.45, 2.75) is 23.9 Å². The van der Waals surface area contributed by atoms with Gasteiger partial charge in [-0.25, -0.2) is 8.42 Å². The molecule has 1 fully saturated rings. The molecule has 3 rings (SSSR count). The van der Waals surface area contributed by atoms with E-state index >= 15 is 0 Å². The van der Waals surface area contributed by atoms with E-state index in [2.05, 4.69) is 15.6 Å². The molecule has 2 aromatic rings. The molecule has 0 radical (unpaired) electrons. The van der Waals surface area contributed by atoms with E-state index in [1.165, 1.54) is 24.3 Å². The first-order valence-electron chi connectivity index (χ1n) is 8.58. The van der Waals surface area contributed by atoms with E-state index in [-0.39, 0.29) is 31.0 Å². The number of hydrogen-bond donors (Lipinski definition) is 2. The SMILES string of the molecule is O=C(C[C@H]1C(=O)NCCN1S(=O)(=O)c1ccc(Cl)cc1)NCc1cccnc1. The Hall–Kier alpha value is -2.49. The molecule has 1 aliphatic heterocycles. The van der Waals surface area contributed by atoms with Crippen molar-refractivity contribution in [1.29, 1.82) is 0 Å². The molecule has 2 N–H and O–H groups in total. The maximum absolute atomic E-state index is 13.0. The molecular weight excluding hydrogens is 404 g/mol. The molecule has 0 unspecified atom stereocenters. The Morgan fingerprint density at radius 3 is 2.71 bits per heavy atom. The maximum Gasteiger partial charge on any atom is 0.243 e. The normalized spacial score (nSPS) is 17.8. The molecule has 1 aliphatic rings. The van der Waals surface area contributed by atoms with Gasteiger partial charge in [0.1, 0.15) is 6.04 Å². The quantitative estimate of drug-likeness (QED) is 0.719. The van der Waals surface area contributed by atoms with E-state index in [9.17, 15) is 18.0 Å². The minimum Gasteiger partial charge on any atom is -0.353 e. The van der Waals surface area contributed by atoms with Gasteiger partial charge in [0.2, 0.25) is 21.8 Å². The Kier molecular flexibility index (Phi) is 6.28. The summed E-state index contributed by atoms with van der Waals surface area (Å²) in [5.41, 5.74) is 0.801. The number of carbonyl (C=O) groups is 2. The van der Waals surface area contributed by atoms with Gasteiger partial charge in [-0.2, -0.15) is 4.31 Å². The van der Waals surface area contributed by atoms with Crippen LogP contribution in [0.15, 0.2) is 53.7 Å². The molecule has 28 heavy (non-hydrogen) atoms. The summed E-state index contributed by atoms with van der Waals surface area (Å²) >= 11 is 5.82. The fourth-order valence-corrected chi connectivity index (χ4v) is 4.58. The third kappa shape index (κ3) is 4.67. The van der Waals surface area contributed by atoms with Gasteiger partial charge in [0, 0.05) is 37.1 Å². The molecule has 1 atom stereocenters. The van der Waals surface area contributed by atoms with Gasteiger partial charge >= 0.3 is 0 Å². The van der Waals surface area contributed by atoms with Crippen molar-refractivity contribution in [3.8, 4) is 0 Å². The Bertz CT molecular complexity index is 951. The first-order valence-corrected chi connectivity index (χ1v) is 10.4. The van der Waals surface area contributed by atoms with Crippen molar-refractivity contribution in [3.05, 3.63) is 59.4 Å². The lowest BCUT2D eigenvalue weighted by molar-refractivity contribution is -0.131. The van der Waals surface area contributed by atoms with Crippen molar-refractivity contribution in [2.75, 3.05) is 13.1 Å². The summed E-state index contributed by atoms with van der Waals surface area (Å²) in [6.07, 6.45) is 2.96. The highest BCUT2D eigenvalue weighted by molar-refractivity contribution is 7.89. The monoisotopic (exact) mass is 422 g/mol. The van der Waals surface area contributed by atoms with Gasteiger partial charge < -0.3 is 10.6 Å². The molecule has 1 saturated heterocycles. The number of rotatable bonds is 6. The Labute approximate surface area is 168 Å². The van der Waals surface area contributed by atoms with Crippen molar-refractivity contribution < 1.29 is 18.0 Å². The molecule has 0 aliphatic carbocycles. The number of piperazine rings is 1. The highest BCUT2D eigenvalue weighted by atomic mass is 35.5. The minimum atomic E-state index is -3.95. The third-order valence-corrected chi connectivity index (χ3v) is 6.47. The lowest BCUT2D eigenvalue weighted by atomic mass is 10.1. The van der Waals surface area contributed by atoms with Crippen molar-refractivity contribution >= 4 is 33.4 Å². The van der Waals surface area contributed by atoms with E-state index in [0.29, 0.717) is 5.02 Å².